The average molecular weight is 354 g/mol. The van der Waals surface area contributed by atoms with Gasteiger partial charge >= 0.3 is 0 Å². The van der Waals surface area contributed by atoms with E-state index >= 15 is 0 Å². The maximum absolute atomic E-state index is 12.8. The van der Waals surface area contributed by atoms with Gasteiger partial charge in [0.25, 0.3) is 11.5 Å². The van der Waals surface area contributed by atoms with E-state index in [-0.39, 0.29) is 30.1 Å². The third-order valence-electron chi connectivity index (χ3n) is 4.53. The molecule has 1 atom stereocenters. The van der Waals surface area contributed by atoms with E-state index in [1.165, 1.54) is 12.1 Å². The number of aromatic nitrogens is 2. The minimum Gasteiger partial charge on any atom is -0.352 e. The van der Waals surface area contributed by atoms with E-state index in [9.17, 15) is 14.4 Å². The third kappa shape index (κ3) is 3.66. The predicted molar refractivity (Wildman–Crippen MR) is 98.2 cm³/mol. The van der Waals surface area contributed by atoms with Crippen molar-refractivity contribution in [3.63, 3.8) is 0 Å². The Morgan fingerprint density at radius 1 is 1.23 bits per heavy atom. The molecule has 0 aliphatic carbocycles. The summed E-state index contributed by atoms with van der Waals surface area (Å²) in [4.78, 5) is 38.5. The van der Waals surface area contributed by atoms with E-state index in [0.29, 0.717) is 6.54 Å². The van der Waals surface area contributed by atoms with Crippen LogP contribution in [-0.4, -0.2) is 34.2 Å². The number of nitrogens with one attached hydrogen (secondary N) is 1. The Kier molecular flexibility index (Phi) is 5.16. The zero-order valence-electron chi connectivity index (χ0n) is 14.9. The van der Waals surface area contributed by atoms with Crippen LogP contribution in [0.4, 0.5) is 5.69 Å². The normalized spacial score (nSPS) is 14.0. The average Bonchev–Trinajstić information content (AvgIpc) is 3.07. The number of anilines is 1. The number of para-hydroxylation sites is 1. The van der Waals surface area contributed by atoms with E-state index in [1.54, 1.807) is 4.90 Å². The molecule has 136 valence electrons. The van der Waals surface area contributed by atoms with Crippen molar-refractivity contribution in [2.75, 3.05) is 11.4 Å². The van der Waals surface area contributed by atoms with Gasteiger partial charge in [-0.1, -0.05) is 25.1 Å². The van der Waals surface area contributed by atoms with Crippen molar-refractivity contribution in [2.45, 2.75) is 39.3 Å². The summed E-state index contributed by atoms with van der Waals surface area (Å²) < 4.78 is 1.03. The zero-order valence-corrected chi connectivity index (χ0v) is 14.9. The summed E-state index contributed by atoms with van der Waals surface area (Å²) >= 11 is 0. The Morgan fingerprint density at radius 2 is 2.00 bits per heavy atom. The summed E-state index contributed by atoms with van der Waals surface area (Å²) in [6, 6.07) is 10.4. The highest BCUT2D eigenvalue weighted by Crippen LogP contribution is 2.28. The van der Waals surface area contributed by atoms with E-state index in [2.05, 4.69) is 10.4 Å². The molecule has 0 saturated carbocycles. The van der Waals surface area contributed by atoms with Crippen LogP contribution in [0.5, 0.6) is 0 Å². The number of hydrogen-bond acceptors (Lipinski definition) is 4. The Bertz CT molecular complexity index is 890. The number of carbonyl (C=O) groups excluding carboxylic acids is 2. The number of fused-ring (bicyclic) bond motifs is 1. The molecular formula is C19H22N4O3. The standard InChI is InChI=1S/C19H22N4O3/c1-3-13(2)20-17(24)12-23-18(25)9-8-15(21-23)19(26)22-11-10-14-6-4-5-7-16(14)22/h4-9,13H,3,10-12H2,1-2H3,(H,20,24)/t13-/m1/s1. The third-order valence-corrected chi connectivity index (χ3v) is 4.53. The molecule has 1 aliphatic rings. The van der Waals surface area contributed by atoms with Crippen molar-refractivity contribution < 1.29 is 9.59 Å². The molecule has 0 saturated heterocycles. The Hall–Kier alpha value is -2.96. The Labute approximate surface area is 151 Å². The molecule has 0 bridgehead atoms. The van der Waals surface area contributed by atoms with Crippen LogP contribution in [0.25, 0.3) is 0 Å². The summed E-state index contributed by atoms with van der Waals surface area (Å²) in [6.45, 7) is 4.22. The minimum absolute atomic E-state index is 0.0177. The van der Waals surface area contributed by atoms with Gasteiger partial charge in [0, 0.05) is 24.3 Å². The molecule has 0 radical (unpaired) electrons. The Balaban J connectivity index is 1.80. The largest absolute Gasteiger partial charge is 0.352 e. The molecule has 3 rings (SSSR count). The van der Waals surface area contributed by atoms with Gasteiger partial charge in [-0.05, 0) is 37.5 Å². The molecule has 0 unspecified atom stereocenters. The second kappa shape index (κ2) is 7.51. The molecule has 2 amide bonds. The van der Waals surface area contributed by atoms with Gasteiger partial charge in [0.2, 0.25) is 5.91 Å². The Morgan fingerprint density at radius 3 is 2.77 bits per heavy atom. The van der Waals surface area contributed by atoms with E-state index < -0.39 is 5.56 Å². The molecule has 1 aromatic heterocycles. The highest BCUT2D eigenvalue weighted by Gasteiger charge is 2.26. The van der Waals surface area contributed by atoms with Crippen LogP contribution in [0.3, 0.4) is 0 Å². The highest BCUT2D eigenvalue weighted by molar-refractivity contribution is 6.05. The molecular weight excluding hydrogens is 332 g/mol. The van der Waals surface area contributed by atoms with Gasteiger partial charge in [-0.2, -0.15) is 5.10 Å². The first kappa shape index (κ1) is 17.8. The summed E-state index contributed by atoms with van der Waals surface area (Å²) in [5.74, 6) is -0.573. The lowest BCUT2D eigenvalue weighted by atomic mass is 10.2. The minimum atomic E-state index is -0.414. The van der Waals surface area contributed by atoms with Crippen LogP contribution >= 0.6 is 0 Å². The quantitative estimate of drug-likeness (QED) is 0.879. The second-order valence-corrected chi connectivity index (χ2v) is 6.43. The predicted octanol–water partition coefficient (Wildman–Crippen LogP) is 1.36. The van der Waals surface area contributed by atoms with Gasteiger partial charge in [0.1, 0.15) is 12.2 Å². The van der Waals surface area contributed by atoms with Crippen LogP contribution in [0.15, 0.2) is 41.2 Å². The number of amides is 2. The number of benzene rings is 1. The van der Waals surface area contributed by atoms with E-state index in [0.717, 1.165) is 28.8 Å². The first-order valence-electron chi connectivity index (χ1n) is 8.77. The van der Waals surface area contributed by atoms with Gasteiger partial charge < -0.3 is 10.2 Å². The van der Waals surface area contributed by atoms with Crippen molar-refractivity contribution in [3.05, 3.63) is 58.0 Å². The van der Waals surface area contributed by atoms with Gasteiger partial charge in [-0.25, -0.2) is 4.68 Å². The van der Waals surface area contributed by atoms with Crippen molar-refractivity contribution in [1.82, 2.24) is 15.1 Å². The molecule has 0 fully saturated rings. The molecule has 1 aliphatic heterocycles. The molecule has 0 spiro atoms. The van der Waals surface area contributed by atoms with E-state index in [1.807, 2.05) is 38.1 Å². The highest BCUT2D eigenvalue weighted by atomic mass is 16.2. The smallest absolute Gasteiger partial charge is 0.278 e. The molecule has 7 nitrogen and oxygen atoms in total. The first-order valence-corrected chi connectivity index (χ1v) is 8.77. The summed E-state index contributed by atoms with van der Waals surface area (Å²) in [5.41, 5.74) is 1.72. The van der Waals surface area contributed by atoms with Crippen molar-refractivity contribution >= 4 is 17.5 Å². The summed E-state index contributed by atoms with van der Waals surface area (Å²) in [7, 11) is 0. The topological polar surface area (TPSA) is 84.3 Å². The SMILES string of the molecule is CC[C@@H](C)NC(=O)Cn1nc(C(=O)N2CCc3ccccc32)ccc1=O. The molecule has 26 heavy (non-hydrogen) atoms. The van der Waals surface area contributed by atoms with Crippen LogP contribution in [0, 0.1) is 0 Å². The fraction of sp³-hybridized carbons (Fsp3) is 0.368. The number of hydrogen-bond donors (Lipinski definition) is 1. The summed E-state index contributed by atoms with van der Waals surface area (Å²) in [5, 5.41) is 6.90. The zero-order chi connectivity index (χ0) is 18.7. The number of carbonyl (C=O) groups is 2. The molecule has 2 aromatic rings. The van der Waals surface area contributed by atoms with Crippen molar-refractivity contribution in [1.29, 1.82) is 0 Å². The van der Waals surface area contributed by atoms with Crippen LogP contribution in [0.2, 0.25) is 0 Å². The molecule has 2 heterocycles. The first-order chi connectivity index (χ1) is 12.5. The summed E-state index contributed by atoms with van der Waals surface area (Å²) in [6.07, 6.45) is 1.58. The second-order valence-electron chi connectivity index (χ2n) is 6.43. The van der Waals surface area contributed by atoms with Crippen LogP contribution in [0.1, 0.15) is 36.3 Å². The lowest BCUT2D eigenvalue weighted by Crippen LogP contribution is -2.39. The van der Waals surface area contributed by atoms with Crippen molar-refractivity contribution in [2.24, 2.45) is 0 Å². The lowest BCUT2D eigenvalue weighted by Gasteiger charge is -2.17. The fourth-order valence-electron chi connectivity index (χ4n) is 2.92. The van der Waals surface area contributed by atoms with Gasteiger partial charge in [-0.3, -0.25) is 14.4 Å². The van der Waals surface area contributed by atoms with Gasteiger partial charge in [0.15, 0.2) is 0 Å². The maximum Gasteiger partial charge on any atom is 0.278 e. The van der Waals surface area contributed by atoms with Gasteiger partial charge in [-0.15, -0.1) is 0 Å². The maximum atomic E-state index is 12.8. The lowest BCUT2D eigenvalue weighted by molar-refractivity contribution is -0.122. The molecule has 7 heteroatoms. The van der Waals surface area contributed by atoms with Gasteiger partial charge in [0.05, 0.1) is 0 Å². The number of nitrogens with zero attached hydrogens (tertiary/aromatic N) is 3. The monoisotopic (exact) mass is 354 g/mol. The molecule has 1 N–H and O–H groups in total. The fourth-order valence-corrected chi connectivity index (χ4v) is 2.92. The van der Waals surface area contributed by atoms with Crippen LogP contribution in [-0.2, 0) is 17.8 Å². The molecule has 1 aromatic carbocycles. The van der Waals surface area contributed by atoms with Crippen LogP contribution < -0.4 is 15.8 Å². The van der Waals surface area contributed by atoms with E-state index in [4.69, 9.17) is 0 Å². The van der Waals surface area contributed by atoms with Crippen molar-refractivity contribution in [3.8, 4) is 0 Å². The number of rotatable bonds is 5.